The first-order valence-corrected chi connectivity index (χ1v) is 10.5. The number of rotatable bonds is 7. The summed E-state index contributed by atoms with van der Waals surface area (Å²) in [7, 11) is 1.60. The highest BCUT2D eigenvalue weighted by Gasteiger charge is 2.19. The third kappa shape index (κ3) is 4.41. The maximum atomic E-state index is 12.8. The molecule has 0 aliphatic heterocycles. The maximum absolute atomic E-state index is 12.8. The Kier molecular flexibility index (Phi) is 5.94. The molecule has 2 heterocycles. The predicted molar refractivity (Wildman–Crippen MR) is 119 cm³/mol. The lowest BCUT2D eigenvalue weighted by Crippen LogP contribution is -2.14. The highest BCUT2D eigenvalue weighted by Crippen LogP contribution is 2.27. The van der Waals surface area contributed by atoms with Crippen LogP contribution in [0.1, 0.15) is 23.1 Å². The summed E-state index contributed by atoms with van der Waals surface area (Å²) in [6, 6.07) is 15.1. The highest BCUT2D eigenvalue weighted by molar-refractivity contribution is 7.14. The number of benzene rings is 2. The van der Waals surface area contributed by atoms with E-state index in [1.54, 1.807) is 18.7 Å². The standard InChI is InChI=1S/C22H21N5O3S/c1-4-30-17-10-8-15(9-11-17)19-13-31-22(23-19)24-21(28)20-14(2)27(26-25-20)16-6-5-7-18(12-16)29-3/h5-13H,4H2,1-3H3,(H,23,24,28). The fourth-order valence-corrected chi connectivity index (χ4v) is 3.75. The van der Waals surface area contributed by atoms with Gasteiger partial charge >= 0.3 is 0 Å². The fraction of sp³-hybridized carbons (Fsp3) is 0.182. The fourth-order valence-electron chi connectivity index (χ4n) is 3.04. The SMILES string of the molecule is CCOc1ccc(-c2csc(NC(=O)c3nnn(-c4cccc(OC)c4)c3C)n2)cc1. The summed E-state index contributed by atoms with van der Waals surface area (Å²) in [5.74, 6) is 1.15. The van der Waals surface area contributed by atoms with Crippen LogP contribution in [0.5, 0.6) is 11.5 Å². The average molecular weight is 436 g/mol. The van der Waals surface area contributed by atoms with Crippen LogP contribution in [0.4, 0.5) is 5.13 Å². The van der Waals surface area contributed by atoms with Gasteiger partial charge in [-0.15, -0.1) is 16.4 Å². The van der Waals surface area contributed by atoms with Crippen molar-refractivity contribution in [2.45, 2.75) is 13.8 Å². The number of carbonyl (C=O) groups excluding carboxylic acids is 1. The van der Waals surface area contributed by atoms with E-state index in [2.05, 4.69) is 20.6 Å². The monoisotopic (exact) mass is 435 g/mol. The number of nitrogens with one attached hydrogen (secondary N) is 1. The molecule has 4 rings (SSSR count). The first-order chi connectivity index (χ1) is 15.1. The molecule has 0 fully saturated rings. The first-order valence-electron chi connectivity index (χ1n) is 9.66. The topological polar surface area (TPSA) is 91.2 Å². The van der Waals surface area contributed by atoms with E-state index in [-0.39, 0.29) is 11.6 Å². The van der Waals surface area contributed by atoms with Crippen molar-refractivity contribution in [3.05, 3.63) is 65.3 Å². The first kappa shape index (κ1) is 20.5. The zero-order chi connectivity index (χ0) is 21.8. The minimum Gasteiger partial charge on any atom is -0.497 e. The molecule has 0 bridgehead atoms. The molecule has 0 aliphatic rings. The molecule has 0 spiro atoms. The average Bonchev–Trinajstić information content (AvgIpc) is 3.41. The number of carbonyl (C=O) groups is 1. The van der Waals surface area contributed by atoms with Gasteiger partial charge in [-0.3, -0.25) is 10.1 Å². The van der Waals surface area contributed by atoms with Gasteiger partial charge in [0.2, 0.25) is 0 Å². The number of hydrogen-bond donors (Lipinski definition) is 1. The summed E-state index contributed by atoms with van der Waals surface area (Å²) >= 11 is 1.35. The molecule has 0 radical (unpaired) electrons. The van der Waals surface area contributed by atoms with Gasteiger partial charge in [0, 0.05) is 17.0 Å². The molecular formula is C22H21N5O3S. The molecule has 2 aromatic heterocycles. The van der Waals surface area contributed by atoms with E-state index in [4.69, 9.17) is 9.47 Å². The Hall–Kier alpha value is -3.72. The molecule has 0 atom stereocenters. The van der Waals surface area contributed by atoms with E-state index >= 15 is 0 Å². The van der Waals surface area contributed by atoms with Crippen molar-refractivity contribution >= 4 is 22.4 Å². The van der Waals surface area contributed by atoms with Gasteiger partial charge in [0.25, 0.3) is 5.91 Å². The van der Waals surface area contributed by atoms with Crippen molar-refractivity contribution in [3.63, 3.8) is 0 Å². The van der Waals surface area contributed by atoms with Crippen molar-refractivity contribution in [3.8, 4) is 28.4 Å². The molecule has 1 N–H and O–H groups in total. The van der Waals surface area contributed by atoms with E-state index in [9.17, 15) is 4.79 Å². The zero-order valence-corrected chi connectivity index (χ0v) is 18.1. The summed E-state index contributed by atoms with van der Waals surface area (Å²) in [6.45, 7) is 4.36. The lowest BCUT2D eigenvalue weighted by atomic mass is 10.2. The van der Waals surface area contributed by atoms with Gasteiger partial charge < -0.3 is 9.47 Å². The van der Waals surface area contributed by atoms with Crippen LogP contribution in [-0.4, -0.2) is 39.6 Å². The quantitative estimate of drug-likeness (QED) is 0.464. The van der Waals surface area contributed by atoms with Crippen LogP contribution < -0.4 is 14.8 Å². The van der Waals surface area contributed by atoms with Crippen LogP contribution >= 0.6 is 11.3 Å². The van der Waals surface area contributed by atoms with Gasteiger partial charge in [-0.1, -0.05) is 11.3 Å². The van der Waals surface area contributed by atoms with E-state index in [1.165, 1.54) is 11.3 Å². The molecule has 4 aromatic rings. The Balaban J connectivity index is 1.50. The summed E-state index contributed by atoms with van der Waals surface area (Å²) in [6.07, 6.45) is 0. The van der Waals surface area contributed by atoms with E-state index in [1.807, 2.05) is 60.8 Å². The summed E-state index contributed by atoms with van der Waals surface area (Å²) in [4.78, 5) is 17.3. The Bertz CT molecular complexity index is 1200. The Morgan fingerprint density at radius 3 is 2.71 bits per heavy atom. The second-order valence-electron chi connectivity index (χ2n) is 6.59. The Labute approximate surface area is 183 Å². The predicted octanol–water partition coefficient (Wildman–Crippen LogP) is 4.36. The van der Waals surface area contributed by atoms with Crippen molar-refractivity contribution in [2.24, 2.45) is 0 Å². The van der Waals surface area contributed by atoms with Gasteiger partial charge in [-0.25, -0.2) is 9.67 Å². The summed E-state index contributed by atoms with van der Waals surface area (Å²) in [5, 5.41) is 13.4. The van der Waals surface area contributed by atoms with Crippen LogP contribution in [0.3, 0.4) is 0 Å². The molecule has 0 aliphatic carbocycles. The molecule has 0 unspecified atom stereocenters. The highest BCUT2D eigenvalue weighted by atomic mass is 32.1. The third-order valence-corrected chi connectivity index (χ3v) is 5.35. The molecule has 9 heteroatoms. The van der Waals surface area contributed by atoms with Crippen LogP contribution in [-0.2, 0) is 0 Å². The van der Waals surface area contributed by atoms with Crippen LogP contribution in [0.25, 0.3) is 16.9 Å². The number of nitrogens with zero attached hydrogens (tertiary/aromatic N) is 4. The minimum atomic E-state index is -0.362. The number of amides is 1. The van der Waals surface area contributed by atoms with Gasteiger partial charge in [-0.2, -0.15) is 0 Å². The normalized spacial score (nSPS) is 10.7. The van der Waals surface area contributed by atoms with Crippen LogP contribution in [0, 0.1) is 6.92 Å². The van der Waals surface area contributed by atoms with Gasteiger partial charge in [0.05, 0.1) is 30.8 Å². The van der Waals surface area contributed by atoms with Gasteiger partial charge in [0.1, 0.15) is 11.5 Å². The number of thiazole rings is 1. The Morgan fingerprint density at radius 2 is 1.97 bits per heavy atom. The molecule has 0 saturated heterocycles. The summed E-state index contributed by atoms with van der Waals surface area (Å²) in [5.41, 5.74) is 3.34. The lowest BCUT2D eigenvalue weighted by Gasteiger charge is -2.06. The van der Waals surface area contributed by atoms with E-state index < -0.39 is 0 Å². The lowest BCUT2D eigenvalue weighted by molar-refractivity contribution is 0.102. The molecular weight excluding hydrogens is 414 g/mol. The number of ether oxygens (including phenoxy) is 2. The zero-order valence-electron chi connectivity index (χ0n) is 17.3. The third-order valence-electron chi connectivity index (χ3n) is 4.59. The van der Waals surface area contributed by atoms with E-state index in [0.29, 0.717) is 23.2 Å². The molecule has 0 saturated carbocycles. The van der Waals surface area contributed by atoms with Crippen molar-refractivity contribution in [2.75, 3.05) is 19.0 Å². The van der Waals surface area contributed by atoms with Crippen molar-refractivity contribution < 1.29 is 14.3 Å². The molecule has 8 nitrogen and oxygen atoms in total. The Morgan fingerprint density at radius 1 is 1.16 bits per heavy atom. The van der Waals surface area contributed by atoms with Crippen LogP contribution in [0.15, 0.2) is 53.9 Å². The number of hydrogen-bond acceptors (Lipinski definition) is 7. The molecule has 158 valence electrons. The maximum Gasteiger partial charge on any atom is 0.279 e. The van der Waals surface area contributed by atoms with Crippen molar-refractivity contribution in [1.82, 2.24) is 20.0 Å². The van der Waals surface area contributed by atoms with Crippen LogP contribution in [0.2, 0.25) is 0 Å². The molecule has 2 aromatic carbocycles. The molecule has 31 heavy (non-hydrogen) atoms. The van der Waals surface area contributed by atoms with Gasteiger partial charge in [-0.05, 0) is 50.2 Å². The molecule has 1 amide bonds. The number of methoxy groups -OCH3 is 1. The number of aromatic nitrogens is 4. The second-order valence-corrected chi connectivity index (χ2v) is 7.44. The smallest absolute Gasteiger partial charge is 0.279 e. The largest absolute Gasteiger partial charge is 0.497 e. The second kappa shape index (κ2) is 8.97. The van der Waals surface area contributed by atoms with E-state index in [0.717, 1.165) is 22.7 Å². The summed E-state index contributed by atoms with van der Waals surface area (Å²) < 4.78 is 12.3. The number of anilines is 1. The minimum absolute atomic E-state index is 0.237. The van der Waals surface area contributed by atoms with Gasteiger partial charge in [0.15, 0.2) is 10.8 Å². The van der Waals surface area contributed by atoms with Crippen molar-refractivity contribution in [1.29, 1.82) is 0 Å².